The quantitative estimate of drug-likeness (QED) is 0.492. The molecule has 0 saturated heterocycles. The van der Waals surface area contributed by atoms with Gasteiger partial charge in [0.05, 0.1) is 12.8 Å². The smallest absolute Gasteiger partial charge is 0.277 e. The summed E-state index contributed by atoms with van der Waals surface area (Å²) in [5.41, 5.74) is 5.49. The summed E-state index contributed by atoms with van der Waals surface area (Å²) in [6.07, 6.45) is 1.61. The molecule has 3 rings (SSSR count). The highest BCUT2D eigenvalue weighted by Crippen LogP contribution is 2.26. The van der Waals surface area contributed by atoms with Crippen molar-refractivity contribution in [1.82, 2.24) is 5.43 Å². The molecule has 0 aliphatic heterocycles. The van der Waals surface area contributed by atoms with Crippen LogP contribution < -0.4 is 14.9 Å². The number of carbonyl (C=O) groups is 1. The van der Waals surface area contributed by atoms with Crippen molar-refractivity contribution in [2.45, 2.75) is 20.8 Å². The van der Waals surface area contributed by atoms with E-state index in [1.165, 1.54) is 0 Å². The first-order valence-electron chi connectivity index (χ1n) is 9.25. The van der Waals surface area contributed by atoms with E-state index in [-0.39, 0.29) is 12.5 Å². The number of amides is 1. The van der Waals surface area contributed by atoms with E-state index in [0.29, 0.717) is 12.4 Å². The molecule has 1 amide bonds. The van der Waals surface area contributed by atoms with Gasteiger partial charge in [0.15, 0.2) is 6.61 Å². The predicted octanol–water partition coefficient (Wildman–Crippen LogP) is 4.38. The Labute approximate surface area is 165 Å². The summed E-state index contributed by atoms with van der Waals surface area (Å²) in [6, 6.07) is 17.7. The second-order valence-corrected chi connectivity index (χ2v) is 6.41. The third-order valence-electron chi connectivity index (χ3n) is 4.53. The summed E-state index contributed by atoms with van der Waals surface area (Å²) < 4.78 is 11.3. The lowest BCUT2D eigenvalue weighted by Crippen LogP contribution is -2.24. The Morgan fingerprint density at radius 2 is 1.82 bits per heavy atom. The van der Waals surface area contributed by atoms with Gasteiger partial charge in [0.1, 0.15) is 11.5 Å². The van der Waals surface area contributed by atoms with Gasteiger partial charge in [-0.3, -0.25) is 4.79 Å². The van der Waals surface area contributed by atoms with E-state index in [4.69, 9.17) is 9.47 Å². The van der Waals surface area contributed by atoms with Crippen LogP contribution in [0.25, 0.3) is 10.8 Å². The Balaban J connectivity index is 1.69. The van der Waals surface area contributed by atoms with Gasteiger partial charge in [0, 0.05) is 5.56 Å². The van der Waals surface area contributed by atoms with E-state index in [1.807, 2.05) is 75.4 Å². The number of fused-ring (bicyclic) bond motifs is 1. The average molecular weight is 376 g/mol. The van der Waals surface area contributed by atoms with Crippen LogP contribution in [0.4, 0.5) is 0 Å². The monoisotopic (exact) mass is 376 g/mol. The number of rotatable bonds is 7. The lowest BCUT2D eigenvalue weighted by atomic mass is 10.0. The topological polar surface area (TPSA) is 59.9 Å². The first kappa shape index (κ1) is 19.4. The number of nitrogens with one attached hydrogen (secondary N) is 1. The highest BCUT2D eigenvalue weighted by Gasteiger charge is 2.08. The molecule has 0 spiro atoms. The van der Waals surface area contributed by atoms with Crippen LogP contribution in [-0.4, -0.2) is 25.3 Å². The molecule has 0 saturated carbocycles. The molecule has 0 bridgehead atoms. The molecule has 5 heteroatoms. The maximum atomic E-state index is 12.1. The van der Waals surface area contributed by atoms with Gasteiger partial charge in [-0.15, -0.1) is 0 Å². The maximum Gasteiger partial charge on any atom is 0.277 e. The molecule has 0 unspecified atom stereocenters. The average Bonchev–Trinajstić information content (AvgIpc) is 2.70. The van der Waals surface area contributed by atoms with Crippen molar-refractivity contribution >= 4 is 22.9 Å². The number of nitrogens with zero attached hydrogens (tertiary/aromatic N) is 1. The molecule has 3 aromatic rings. The molecule has 1 N–H and O–H groups in total. The normalized spacial score (nSPS) is 11.0. The van der Waals surface area contributed by atoms with Gasteiger partial charge in [-0.25, -0.2) is 5.43 Å². The zero-order valence-electron chi connectivity index (χ0n) is 16.4. The van der Waals surface area contributed by atoms with Gasteiger partial charge in [-0.1, -0.05) is 42.5 Å². The minimum Gasteiger partial charge on any atom is -0.493 e. The minimum atomic E-state index is -0.324. The Hall–Kier alpha value is -3.34. The second kappa shape index (κ2) is 9.04. The fourth-order valence-corrected chi connectivity index (χ4v) is 2.92. The van der Waals surface area contributed by atoms with Gasteiger partial charge in [0.2, 0.25) is 0 Å². The first-order valence-corrected chi connectivity index (χ1v) is 9.25. The van der Waals surface area contributed by atoms with E-state index >= 15 is 0 Å². The largest absolute Gasteiger partial charge is 0.493 e. The Bertz CT molecular complexity index is 1010. The van der Waals surface area contributed by atoms with Gasteiger partial charge >= 0.3 is 0 Å². The molecule has 0 heterocycles. The van der Waals surface area contributed by atoms with Crippen LogP contribution in [0.2, 0.25) is 0 Å². The van der Waals surface area contributed by atoms with Crippen LogP contribution in [0.15, 0.2) is 59.7 Å². The van der Waals surface area contributed by atoms with Gasteiger partial charge in [0.25, 0.3) is 5.91 Å². The highest BCUT2D eigenvalue weighted by atomic mass is 16.5. The van der Waals surface area contributed by atoms with Gasteiger partial charge < -0.3 is 9.47 Å². The molecule has 0 radical (unpaired) electrons. The molecule has 5 nitrogen and oxygen atoms in total. The zero-order valence-corrected chi connectivity index (χ0v) is 16.4. The number of hydrazone groups is 1. The fraction of sp³-hybridized carbons (Fsp3) is 0.217. The number of hydrogen-bond donors (Lipinski definition) is 1. The zero-order chi connectivity index (χ0) is 19.9. The van der Waals surface area contributed by atoms with E-state index in [0.717, 1.165) is 33.2 Å². The van der Waals surface area contributed by atoms with Crippen molar-refractivity contribution in [2.24, 2.45) is 5.10 Å². The number of ether oxygens (including phenoxy) is 2. The van der Waals surface area contributed by atoms with Crippen LogP contribution in [0.3, 0.4) is 0 Å². The third-order valence-corrected chi connectivity index (χ3v) is 4.53. The molecule has 0 aliphatic rings. The van der Waals surface area contributed by atoms with Crippen LogP contribution in [0, 0.1) is 13.8 Å². The van der Waals surface area contributed by atoms with Crippen molar-refractivity contribution in [2.75, 3.05) is 13.2 Å². The summed E-state index contributed by atoms with van der Waals surface area (Å²) in [6.45, 7) is 6.36. The van der Waals surface area contributed by atoms with Crippen LogP contribution in [0.5, 0.6) is 11.5 Å². The summed E-state index contributed by atoms with van der Waals surface area (Å²) in [4.78, 5) is 12.1. The van der Waals surface area contributed by atoms with E-state index in [9.17, 15) is 4.79 Å². The minimum absolute atomic E-state index is 0.102. The van der Waals surface area contributed by atoms with Crippen molar-refractivity contribution in [3.63, 3.8) is 0 Å². The van der Waals surface area contributed by atoms with Crippen molar-refractivity contribution in [3.05, 3.63) is 71.3 Å². The Kier molecular flexibility index (Phi) is 6.27. The van der Waals surface area contributed by atoms with Gasteiger partial charge in [-0.05, 0) is 54.8 Å². The summed E-state index contributed by atoms with van der Waals surface area (Å²) >= 11 is 0. The summed E-state index contributed by atoms with van der Waals surface area (Å²) in [5, 5.41) is 6.19. The van der Waals surface area contributed by atoms with Crippen molar-refractivity contribution < 1.29 is 14.3 Å². The Morgan fingerprint density at radius 1 is 1.00 bits per heavy atom. The second-order valence-electron chi connectivity index (χ2n) is 6.41. The lowest BCUT2D eigenvalue weighted by Gasteiger charge is -2.11. The van der Waals surface area contributed by atoms with E-state index in [1.54, 1.807) is 6.21 Å². The van der Waals surface area contributed by atoms with E-state index in [2.05, 4.69) is 10.5 Å². The standard InChI is InChI=1S/C23H24N2O3/c1-4-27-22-13-12-18-9-5-6-10-19(18)20(22)14-24-25-23(26)15-28-21-11-7-8-16(2)17(21)3/h5-14H,4,15H2,1-3H3,(H,25,26)/b24-14-. The maximum absolute atomic E-state index is 12.1. The molecule has 28 heavy (non-hydrogen) atoms. The molecular weight excluding hydrogens is 352 g/mol. The third kappa shape index (κ3) is 4.49. The molecular formula is C23H24N2O3. The summed E-state index contributed by atoms with van der Waals surface area (Å²) in [7, 11) is 0. The number of benzene rings is 3. The highest BCUT2D eigenvalue weighted by molar-refractivity contribution is 6.02. The molecule has 0 atom stereocenters. The number of carbonyl (C=O) groups excluding carboxylic acids is 1. The van der Waals surface area contributed by atoms with Gasteiger partial charge in [-0.2, -0.15) is 5.10 Å². The molecule has 0 aliphatic carbocycles. The Morgan fingerprint density at radius 3 is 2.64 bits per heavy atom. The van der Waals surface area contributed by atoms with Crippen molar-refractivity contribution in [1.29, 1.82) is 0 Å². The van der Waals surface area contributed by atoms with Crippen LogP contribution in [-0.2, 0) is 4.79 Å². The first-order chi connectivity index (χ1) is 13.6. The molecule has 0 fully saturated rings. The van der Waals surface area contributed by atoms with Crippen LogP contribution in [0.1, 0.15) is 23.6 Å². The van der Waals surface area contributed by atoms with E-state index < -0.39 is 0 Å². The molecule has 3 aromatic carbocycles. The lowest BCUT2D eigenvalue weighted by molar-refractivity contribution is -0.123. The van der Waals surface area contributed by atoms with Crippen LogP contribution >= 0.6 is 0 Å². The fourth-order valence-electron chi connectivity index (χ4n) is 2.92. The predicted molar refractivity (Wildman–Crippen MR) is 112 cm³/mol. The molecule has 144 valence electrons. The molecule has 0 aromatic heterocycles. The van der Waals surface area contributed by atoms with Crippen molar-refractivity contribution in [3.8, 4) is 11.5 Å². The summed E-state index contributed by atoms with van der Waals surface area (Å²) in [5.74, 6) is 1.10. The number of aryl methyl sites for hydroxylation is 1. The SMILES string of the molecule is CCOc1ccc2ccccc2c1/C=N\NC(=O)COc1cccc(C)c1C. The number of hydrogen-bond acceptors (Lipinski definition) is 4.